The summed E-state index contributed by atoms with van der Waals surface area (Å²) in [5, 5.41) is 8.88. The molecular weight excluding hydrogens is 296 g/mol. The van der Waals surface area contributed by atoms with Gasteiger partial charge in [-0.1, -0.05) is 0 Å². The van der Waals surface area contributed by atoms with E-state index >= 15 is 0 Å². The van der Waals surface area contributed by atoms with E-state index in [-0.39, 0.29) is 22.0 Å². The second-order valence-corrected chi connectivity index (χ2v) is 6.08. The molecule has 0 saturated heterocycles. The van der Waals surface area contributed by atoms with Crippen molar-refractivity contribution in [1.82, 2.24) is 9.55 Å². The Morgan fingerprint density at radius 1 is 1.43 bits per heavy atom. The third-order valence-corrected chi connectivity index (χ3v) is 4.12. The number of aromatic carboxylic acids is 1. The number of anilines is 2. The van der Waals surface area contributed by atoms with Gasteiger partial charge in [0.25, 0.3) is 10.0 Å². The van der Waals surface area contributed by atoms with Crippen LogP contribution in [-0.4, -0.2) is 29.0 Å². The standard InChI is InChI=1S/C12H14N4O4S/c1-7-14-11(6-16(7)2)21(19,20)15-10-5-8(13)3-4-9(10)12(17)18/h3-6,15H,13H2,1-2H3,(H,17,18). The van der Waals surface area contributed by atoms with E-state index in [1.165, 1.54) is 24.4 Å². The van der Waals surface area contributed by atoms with E-state index in [0.29, 0.717) is 5.82 Å². The zero-order chi connectivity index (χ0) is 15.8. The number of nitrogens with zero attached hydrogens (tertiary/aromatic N) is 2. The van der Waals surface area contributed by atoms with E-state index in [1.807, 2.05) is 0 Å². The Labute approximate surface area is 121 Å². The van der Waals surface area contributed by atoms with Gasteiger partial charge in [-0.05, 0) is 25.1 Å². The second-order valence-electron chi connectivity index (χ2n) is 4.45. The van der Waals surface area contributed by atoms with Crippen molar-refractivity contribution >= 4 is 27.4 Å². The van der Waals surface area contributed by atoms with Crippen LogP contribution in [0, 0.1) is 6.92 Å². The second kappa shape index (κ2) is 5.09. The van der Waals surface area contributed by atoms with Gasteiger partial charge >= 0.3 is 5.97 Å². The fourth-order valence-electron chi connectivity index (χ4n) is 1.69. The van der Waals surface area contributed by atoms with Gasteiger partial charge in [-0.15, -0.1) is 0 Å². The maximum atomic E-state index is 12.2. The summed E-state index contributed by atoms with van der Waals surface area (Å²) >= 11 is 0. The number of carboxylic acid groups (broad SMARTS) is 1. The number of hydrogen-bond acceptors (Lipinski definition) is 5. The smallest absolute Gasteiger partial charge is 0.337 e. The highest BCUT2D eigenvalue weighted by molar-refractivity contribution is 7.92. The molecule has 21 heavy (non-hydrogen) atoms. The van der Waals surface area contributed by atoms with Crippen LogP contribution in [0.4, 0.5) is 11.4 Å². The Morgan fingerprint density at radius 2 is 2.10 bits per heavy atom. The van der Waals surface area contributed by atoms with Crippen molar-refractivity contribution in [1.29, 1.82) is 0 Å². The molecule has 1 aromatic carbocycles. The molecular formula is C12H14N4O4S. The summed E-state index contributed by atoms with van der Waals surface area (Å²) in [6.07, 6.45) is 1.34. The molecule has 112 valence electrons. The Balaban J connectivity index is 2.45. The maximum Gasteiger partial charge on any atom is 0.337 e. The fourth-order valence-corrected chi connectivity index (χ4v) is 2.80. The molecule has 0 amide bonds. The van der Waals surface area contributed by atoms with E-state index < -0.39 is 16.0 Å². The molecule has 0 bridgehead atoms. The molecule has 0 aliphatic heterocycles. The van der Waals surface area contributed by atoms with E-state index in [0.717, 1.165) is 0 Å². The lowest BCUT2D eigenvalue weighted by atomic mass is 10.1. The molecule has 4 N–H and O–H groups in total. The molecule has 8 nitrogen and oxygen atoms in total. The third-order valence-electron chi connectivity index (χ3n) is 2.88. The highest BCUT2D eigenvalue weighted by atomic mass is 32.2. The van der Waals surface area contributed by atoms with Crippen LogP contribution >= 0.6 is 0 Å². The van der Waals surface area contributed by atoms with Crippen LogP contribution in [0.25, 0.3) is 0 Å². The first-order valence-electron chi connectivity index (χ1n) is 5.86. The van der Waals surface area contributed by atoms with E-state index in [9.17, 15) is 13.2 Å². The highest BCUT2D eigenvalue weighted by Crippen LogP contribution is 2.22. The SMILES string of the molecule is Cc1nc(S(=O)(=O)Nc2cc(N)ccc2C(=O)O)cn1C. The first kappa shape index (κ1) is 14.9. The molecule has 0 radical (unpaired) electrons. The average molecular weight is 310 g/mol. The van der Waals surface area contributed by atoms with Crippen molar-refractivity contribution < 1.29 is 18.3 Å². The Bertz CT molecular complexity index is 791. The van der Waals surface area contributed by atoms with Gasteiger partial charge in [0.1, 0.15) is 5.82 Å². The molecule has 1 heterocycles. The van der Waals surface area contributed by atoms with Gasteiger partial charge < -0.3 is 15.4 Å². The van der Waals surface area contributed by atoms with Crippen LogP contribution in [-0.2, 0) is 17.1 Å². The predicted octanol–water partition coefficient (Wildman–Crippen LogP) is 0.810. The van der Waals surface area contributed by atoms with Crippen LogP contribution in [0.2, 0.25) is 0 Å². The molecule has 0 aliphatic rings. The number of hydrogen-bond donors (Lipinski definition) is 3. The van der Waals surface area contributed by atoms with Crippen LogP contribution < -0.4 is 10.5 Å². The minimum atomic E-state index is -3.99. The lowest BCUT2D eigenvalue weighted by Crippen LogP contribution is -2.16. The van der Waals surface area contributed by atoms with Crippen LogP contribution in [0.5, 0.6) is 0 Å². The molecule has 2 rings (SSSR count). The third kappa shape index (κ3) is 2.97. The number of nitrogens with one attached hydrogen (secondary N) is 1. The van der Waals surface area contributed by atoms with Crippen molar-refractivity contribution in [2.45, 2.75) is 11.9 Å². The van der Waals surface area contributed by atoms with Crippen molar-refractivity contribution in [3.05, 3.63) is 35.8 Å². The van der Waals surface area contributed by atoms with Gasteiger partial charge in [-0.25, -0.2) is 9.78 Å². The molecule has 0 spiro atoms. The summed E-state index contributed by atoms with van der Waals surface area (Å²) in [4.78, 5) is 15.0. The summed E-state index contributed by atoms with van der Waals surface area (Å²) in [5.74, 6) is -0.744. The number of benzene rings is 1. The number of aromatic nitrogens is 2. The minimum absolute atomic E-state index is 0.106. The predicted molar refractivity (Wildman–Crippen MR) is 76.6 cm³/mol. The lowest BCUT2D eigenvalue weighted by Gasteiger charge is -2.09. The Morgan fingerprint density at radius 3 is 2.62 bits per heavy atom. The van der Waals surface area contributed by atoms with Crippen molar-refractivity contribution in [3.63, 3.8) is 0 Å². The van der Waals surface area contributed by atoms with Crippen LogP contribution in [0.3, 0.4) is 0 Å². The van der Waals surface area contributed by atoms with Gasteiger partial charge in [-0.2, -0.15) is 8.42 Å². The summed E-state index contributed by atoms with van der Waals surface area (Å²) in [6, 6.07) is 3.86. The van der Waals surface area contributed by atoms with Crippen molar-refractivity contribution in [2.24, 2.45) is 7.05 Å². The van der Waals surface area contributed by atoms with Gasteiger partial charge in [0.15, 0.2) is 5.03 Å². The number of imidazole rings is 1. The average Bonchev–Trinajstić information content (AvgIpc) is 2.69. The number of carboxylic acids is 1. The summed E-state index contributed by atoms with van der Waals surface area (Å²) in [6.45, 7) is 1.65. The number of sulfonamides is 1. The Hall–Kier alpha value is -2.55. The number of rotatable bonds is 4. The van der Waals surface area contributed by atoms with E-state index in [4.69, 9.17) is 10.8 Å². The quantitative estimate of drug-likeness (QED) is 0.717. The molecule has 0 aliphatic carbocycles. The van der Waals surface area contributed by atoms with Gasteiger partial charge in [-0.3, -0.25) is 4.72 Å². The largest absolute Gasteiger partial charge is 0.478 e. The van der Waals surface area contributed by atoms with Gasteiger partial charge in [0, 0.05) is 18.9 Å². The number of aryl methyl sites for hydroxylation is 2. The number of carbonyl (C=O) groups is 1. The zero-order valence-electron chi connectivity index (χ0n) is 11.4. The Kier molecular flexibility index (Phi) is 3.60. The molecule has 0 unspecified atom stereocenters. The fraction of sp³-hybridized carbons (Fsp3) is 0.167. The molecule has 0 atom stereocenters. The van der Waals surface area contributed by atoms with E-state index in [1.54, 1.807) is 18.5 Å². The molecule has 1 aromatic heterocycles. The van der Waals surface area contributed by atoms with E-state index in [2.05, 4.69) is 9.71 Å². The summed E-state index contributed by atoms with van der Waals surface area (Å²) < 4.78 is 28.2. The summed E-state index contributed by atoms with van der Waals surface area (Å²) in [5.41, 5.74) is 5.51. The lowest BCUT2D eigenvalue weighted by molar-refractivity contribution is 0.0698. The monoisotopic (exact) mass is 310 g/mol. The normalized spacial score (nSPS) is 11.3. The zero-order valence-corrected chi connectivity index (χ0v) is 12.2. The molecule has 0 fully saturated rings. The first-order valence-corrected chi connectivity index (χ1v) is 7.34. The highest BCUT2D eigenvalue weighted by Gasteiger charge is 2.21. The van der Waals surface area contributed by atoms with Gasteiger partial charge in [0.05, 0.1) is 11.3 Å². The summed E-state index contributed by atoms with van der Waals surface area (Å²) in [7, 11) is -2.33. The topological polar surface area (TPSA) is 127 Å². The molecule has 9 heteroatoms. The van der Waals surface area contributed by atoms with Crippen molar-refractivity contribution in [2.75, 3.05) is 10.5 Å². The minimum Gasteiger partial charge on any atom is -0.478 e. The number of nitrogens with two attached hydrogens (primary N) is 1. The maximum absolute atomic E-state index is 12.2. The van der Waals surface area contributed by atoms with Crippen molar-refractivity contribution in [3.8, 4) is 0 Å². The van der Waals surface area contributed by atoms with Crippen LogP contribution in [0.1, 0.15) is 16.2 Å². The van der Waals surface area contributed by atoms with Crippen LogP contribution in [0.15, 0.2) is 29.4 Å². The number of nitrogen functional groups attached to an aromatic ring is 1. The van der Waals surface area contributed by atoms with Gasteiger partial charge in [0.2, 0.25) is 0 Å². The molecule has 0 saturated carbocycles. The molecule has 2 aromatic rings. The first-order chi connectivity index (χ1) is 9.70.